The molecule has 0 spiro atoms. The van der Waals surface area contributed by atoms with Crippen molar-refractivity contribution in [2.45, 2.75) is 6.54 Å². The van der Waals surface area contributed by atoms with Gasteiger partial charge in [-0.05, 0) is 0 Å². The van der Waals surface area contributed by atoms with E-state index in [0.29, 0.717) is 6.29 Å². The largest absolute Gasteiger partial charge is 0.370 e. The maximum absolute atomic E-state index is 11.8. The van der Waals surface area contributed by atoms with E-state index < -0.39 is 11.2 Å². The summed E-state index contributed by atoms with van der Waals surface area (Å²) >= 11 is 0. The summed E-state index contributed by atoms with van der Waals surface area (Å²) in [6, 6.07) is 0. The van der Waals surface area contributed by atoms with Crippen LogP contribution in [0.4, 0.5) is 0 Å². The van der Waals surface area contributed by atoms with Gasteiger partial charge in [0.15, 0.2) is 17.1 Å². The molecule has 0 amide bonds. The second-order valence-electron chi connectivity index (χ2n) is 3.90. The van der Waals surface area contributed by atoms with Crippen LogP contribution >= 0.6 is 0 Å². The summed E-state index contributed by atoms with van der Waals surface area (Å²) < 4.78 is 3.69. The zero-order valence-corrected chi connectivity index (χ0v) is 11.0. The fourth-order valence-corrected chi connectivity index (χ4v) is 1.62. The highest BCUT2D eigenvalue weighted by atomic mass is 16.2. The van der Waals surface area contributed by atoms with Gasteiger partial charge in [0.1, 0.15) is 6.29 Å². The van der Waals surface area contributed by atoms with Gasteiger partial charge in [0.2, 0.25) is 0 Å². The number of nitrogens with zero attached hydrogens (tertiary/aromatic N) is 4. The van der Waals surface area contributed by atoms with Gasteiger partial charge in [-0.2, -0.15) is 0 Å². The molecule has 108 valence electrons. The Morgan fingerprint density at radius 2 is 1.90 bits per heavy atom. The van der Waals surface area contributed by atoms with Crippen molar-refractivity contribution in [1.82, 2.24) is 18.7 Å². The highest BCUT2D eigenvalue weighted by Crippen LogP contribution is 2.03. The van der Waals surface area contributed by atoms with Crippen LogP contribution in [-0.2, 0) is 25.4 Å². The first-order valence-corrected chi connectivity index (χ1v) is 5.45. The Hall–Kier alpha value is -2.91. The third kappa shape index (κ3) is 2.74. The Morgan fingerprint density at radius 1 is 1.35 bits per heavy atom. The zero-order chi connectivity index (χ0) is 15.4. The first-order chi connectivity index (χ1) is 9.31. The maximum atomic E-state index is 11.8. The van der Waals surface area contributed by atoms with E-state index in [4.69, 9.17) is 5.41 Å². The molecule has 5 N–H and O–H groups in total. The van der Waals surface area contributed by atoms with Crippen molar-refractivity contribution in [2.24, 2.45) is 25.6 Å². The smallest absolute Gasteiger partial charge is 0.332 e. The van der Waals surface area contributed by atoms with Crippen LogP contribution < -0.4 is 22.7 Å². The number of aldehydes is 1. The number of imidazole rings is 1. The lowest BCUT2D eigenvalue weighted by Crippen LogP contribution is -2.37. The molecule has 0 aliphatic carbocycles. The topological polar surface area (TPSA) is 155 Å². The third-order valence-corrected chi connectivity index (χ3v) is 2.49. The van der Waals surface area contributed by atoms with E-state index in [1.54, 1.807) is 0 Å². The minimum atomic E-state index is -0.447. The molecule has 0 saturated carbocycles. The predicted octanol–water partition coefficient (Wildman–Crippen LogP) is -2.53. The average Bonchev–Trinajstić information content (AvgIpc) is 2.77. The second-order valence-corrected chi connectivity index (χ2v) is 3.90. The Kier molecular flexibility index (Phi) is 4.41. The van der Waals surface area contributed by atoms with Crippen molar-refractivity contribution in [3.63, 3.8) is 0 Å². The van der Waals surface area contributed by atoms with Crippen molar-refractivity contribution in [3.8, 4) is 0 Å². The average molecular weight is 281 g/mol. The maximum Gasteiger partial charge on any atom is 0.332 e. The zero-order valence-electron chi connectivity index (χ0n) is 11.0. The summed E-state index contributed by atoms with van der Waals surface area (Å²) in [6.07, 6.45) is 2.05. The fourth-order valence-electron chi connectivity index (χ4n) is 1.62. The van der Waals surface area contributed by atoms with E-state index in [1.165, 1.54) is 29.6 Å². The lowest BCUT2D eigenvalue weighted by Gasteiger charge is -2.03. The van der Waals surface area contributed by atoms with Crippen LogP contribution in [0.2, 0.25) is 0 Å². The van der Waals surface area contributed by atoms with Crippen LogP contribution in [0.1, 0.15) is 0 Å². The number of hydrogen-bond acceptors (Lipinski definition) is 5. The fraction of sp³-hybridized carbons (Fsp3) is 0.300. The molecular weight excluding hydrogens is 266 g/mol. The second kappa shape index (κ2) is 5.82. The molecule has 2 heterocycles. The summed E-state index contributed by atoms with van der Waals surface area (Å²) in [6.45, 7) is 0.0456. The quantitative estimate of drug-likeness (QED) is 0.313. The number of fused-ring (bicyclic) bond motifs is 1. The molecule has 2 rings (SSSR count). The van der Waals surface area contributed by atoms with Crippen LogP contribution in [0.5, 0.6) is 0 Å². The van der Waals surface area contributed by atoms with Crippen molar-refractivity contribution < 1.29 is 4.79 Å². The molecule has 20 heavy (non-hydrogen) atoms. The third-order valence-electron chi connectivity index (χ3n) is 2.49. The van der Waals surface area contributed by atoms with E-state index in [-0.39, 0.29) is 23.7 Å². The monoisotopic (exact) mass is 281 g/mol. The number of carbonyl (C=O) groups is 1. The molecular formula is C10H15N7O3. The molecule has 0 aromatic carbocycles. The SMILES string of the molecule is Cn1c(=O)c2c(ncn2CC=O)n(C)c1=O.N=C(N)N. The van der Waals surface area contributed by atoms with Crippen molar-refractivity contribution in [3.05, 3.63) is 27.2 Å². The van der Waals surface area contributed by atoms with Gasteiger partial charge in [-0.15, -0.1) is 0 Å². The van der Waals surface area contributed by atoms with Gasteiger partial charge in [-0.3, -0.25) is 19.3 Å². The molecule has 0 aliphatic heterocycles. The van der Waals surface area contributed by atoms with E-state index in [1.807, 2.05) is 0 Å². The summed E-state index contributed by atoms with van der Waals surface area (Å²) in [5.41, 5.74) is 8.61. The Balaban J connectivity index is 0.000000444. The molecule has 0 radical (unpaired) electrons. The molecule has 0 fully saturated rings. The van der Waals surface area contributed by atoms with E-state index in [2.05, 4.69) is 16.5 Å². The Bertz CT molecular complexity index is 763. The molecule has 0 saturated heterocycles. The molecule has 10 nitrogen and oxygen atoms in total. The van der Waals surface area contributed by atoms with Crippen LogP contribution in [0.25, 0.3) is 11.2 Å². The molecule has 0 bridgehead atoms. The number of guanidine groups is 1. The van der Waals surface area contributed by atoms with E-state index >= 15 is 0 Å². The van der Waals surface area contributed by atoms with E-state index in [9.17, 15) is 14.4 Å². The Labute approximate surface area is 112 Å². The number of nitrogens with two attached hydrogens (primary N) is 2. The molecule has 10 heteroatoms. The minimum absolute atomic E-state index is 0.0456. The van der Waals surface area contributed by atoms with Gasteiger partial charge in [0.25, 0.3) is 5.56 Å². The first-order valence-electron chi connectivity index (χ1n) is 5.45. The number of aryl methyl sites for hydroxylation is 1. The lowest BCUT2D eigenvalue weighted by molar-refractivity contribution is -0.108. The van der Waals surface area contributed by atoms with Crippen LogP contribution in [0, 0.1) is 5.41 Å². The van der Waals surface area contributed by atoms with Crippen molar-refractivity contribution in [1.29, 1.82) is 5.41 Å². The number of rotatable bonds is 2. The highest BCUT2D eigenvalue weighted by Gasteiger charge is 2.13. The first kappa shape index (κ1) is 15.1. The molecule has 2 aromatic rings. The van der Waals surface area contributed by atoms with Gasteiger partial charge in [0, 0.05) is 14.1 Å². The number of nitrogens with one attached hydrogen (secondary N) is 1. The standard InChI is InChI=1S/C9H10N4O3.CH5N3/c1-11-7-6(8(15)12(2)9(11)16)13(3-4-14)5-10-7;2-1(3)4/h4-5H,3H2,1-2H3;(H5,2,3,4). The molecule has 0 aliphatic rings. The normalized spacial score (nSPS) is 9.90. The highest BCUT2D eigenvalue weighted by molar-refractivity contribution is 5.72. The Morgan fingerprint density at radius 3 is 2.40 bits per heavy atom. The van der Waals surface area contributed by atoms with E-state index in [0.717, 1.165) is 4.57 Å². The van der Waals surface area contributed by atoms with Gasteiger partial charge >= 0.3 is 5.69 Å². The lowest BCUT2D eigenvalue weighted by atomic mass is 10.5. The van der Waals surface area contributed by atoms with Crippen LogP contribution in [0.15, 0.2) is 15.9 Å². The number of carbonyl (C=O) groups excluding carboxylic acids is 1. The minimum Gasteiger partial charge on any atom is -0.370 e. The summed E-state index contributed by atoms with van der Waals surface area (Å²) in [4.78, 5) is 37.8. The van der Waals surface area contributed by atoms with Gasteiger partial charge in [-0.1, -0.05) is 0 Å². The number of hydrogen-bond donors (Lipinski definition) is 3. The molecule has 2 aromatic heterocycles. The molecule has 0 atom stereocenters. The molecule has 0 unspecified atom stereocenters. The van der Waals surface area contributed by atoms with Gasteiger partial charge in [0.05, 0.1) is 12.9 Å². The number of aromatic nitrogens is 4. The summed E-state index contributed by atoms with van der Waals surface area (Å²) in [5, 5.41) is 6.06. The van der Waals surface area contributed by atoms with Crippen molar-refractivity contribution in [2.75, 3.05) is 0 Å². The van der Waals surface area contributed by atoms with Crippen LogP contribution in [0.3, 0.4) is 0 Å². The van der Waals surface area contributed by atoms with Gasteiger partial charge < -0.3 is 20.8 Å². The summed E-state index contributed by atoms with van der Waals surface area (Å²) in [7, 11) is 2.92. The predicted molar refractivity (Wildman–Crippen MR) is 72.4 cm³/mol. The summed E-state index contributed by atoms with van der Waals surface area (Å²) in [5.74, 6) is -0.333. The van der Waals surface area contributed by atoms with Gasteiger partial charge in [-0.25, -0.2) is 9.78 Å². The van der Waals surface area contributed by atoms with Crippen molar-refractivity contribution >= 4 is 23.4 Å². The van der Waals surface area contributed by atoms with Crippen LogP contribution in [-0.4, -0.2) is 30.9 Å².